The highest BCUT2D eigenvalue weighted by Gasteiger charge is 2.37. The van der Waals surface area contributed by atoms with Gasteiger partial charge in [-0.25, -0.2) is 9.07 Å². The van der Waals surface area contributed by atoms with Gasteiger partial charge in [0.25, 0.3) is 11.8 Å². The molecule has 0 radical (unpaired) electrons. The van der Waals surface area contributed by atoms with E-state index in [0.29, 0.717) is 38.4 Å². The molecule has 2 aromatic carbocycles. The minimum absolute atomic E-state index is 0.144. The van der Waals surface area contributed by atoms with E-state index in [0.717, 1.165) is 31.2 Å². The topological polar surface area (TPSA) is 88.1 Å². The van der Waals surface area contributed by atoms with Crippen molar-refractivity contribution in [3.05, 3.63) is 81.8 Å². The third kappa shape index (κ3) is 5.31. The van der Waals surface area contributed by atoms with Crippen molar-refractivity contribution in [2.24, 2.45) is 0 Å². The van der Waals surface area contributed by atoms with Gasteiger partial charge in [-0.2, -0.15) is 5.10 Å². The molecule has 2 amide bonds. The minimum atomic E-state index is -0.619. The van der Waals surface area contributed by atoms with Gasteiger partial charge in [0.1, 0.15) is 28.3 Å². The Morgan fingerprint density at radius 3 is 2.39 bits per heavy atom. The molecule has 1 aliphatic carbocycles. The Labute approximate surface area is 230 Å². The first-order valence-corrected chi connectivity index (χ1v) is 14.2. The molecule has 0 spiro atoms. The Kier molecular flexibility index (Phi) is 7.76. The number of carbonyl (C=O) groups excluding carboxylic acids is 2. The monoisotopic (exact) mass is 553 g/mol. The summed E-state index contributed by atoms with van der Waals surface area (Å²) in [7, 11) is 0. The largest absolute Gasteiger partial charge is 0.349 e. The van der Waals surface area contributed by atoms with E-state index in [1.165, 1.54) is 42.4 Å². The third-order valence-corrected chi connectivity index (χ3v) is 7.92. The molecule has 198 valence electrons. The molecule has 1 atom stereocenters. The summed E-state index contributed by atoms with van der Waals surface area (Å²) in [5, 5.41) is 15.3. The highest BCUT2D eigenvalue weighted by molar-refractivity contribution is 7.98. The number of fused-ring (bicyclic) bond motifs is 1. The third-order valence-electron chi connectivity index (χ3n) is 7.00. The fraction of sp³-hybridized carbons (Fsp3) is 0.321. The van der Waals surface area contributed by atoms with E-state index in [-0.39, 0.29) is 23.7 Å². The highest BCUT2D eigenvalue weighted by Crippen LogP contribution is 2.41. The Morgan fingerprint density at radius 2 is 1.74 bits per heavy atom. The van der Waals surface area contributed by atoms with Crippen LogP contribution >= 0.6 is 23.4 Å². The zero-order chi connectivity index (χ0) is 26.8. The van der Waals surface area contributed by atoms with Crippen LogP contribution in [-0.4, -0.2) is 33.9 Å². The molecule has 1 fully saturated rings. The number of allylic oxidation sites excluding steroid dienone is 1. The van der Waals surface area contributed by atoms with Crippen molar-refractivity contribution in [1.29, 1.82) is 0 Å². The van der Waals surface area contributed by atoms with Crippen LogP contribution in [0.3, 0.4) is 0 Å². The van der Waals surface area contributed by atoms with Crippen LogP contribution in [0.25, 0.3) is 0 Å². The SMILES string of the molecule is CSc1nn2c(c1C(=O)NC1CCCCC1)NC(C)=C(C(=O)Nc1ccc(F)cc1)C2c1ccc(Cl)cc1. The summed E-state index contributed by atoms with van der Waals surface area (Å²) in [4.78, 5) is 27.2. The lowest BCUT2D eigenvalue weighted by molar-refractivity contribution is -0.113. The van der Waals surface area contributed by atoms with Crippen molar-refractivity contribution in [2.45, 2.75) is 56.1 Å². The van der Waals surface area contributed by atoms with E-state index in [4.69, 9.17) is 16.7 Å². The predicted molar refractivity (Wildman–Crippen MR) is 149 cm³/mol. The lowest BCUT2D eigenvalue weighted by atomic mass is 9.94. The van der Waals surface area contributed by atoms with Crippen molar-refractivity contribution in [3.8, 4) is 0 Å². The van der Waals surface area contributed by atoms with Gasteiger partial charge < -0.3 is 16.0 Å². The number of nitrogens with one attached hydrogen (secondary N) is 3. The van der Waals surface area contributed by atoms with Crippen LogP contribution in [0.15, 0.2) is 64.8 Å². The first kappa shape index (κ1) is 26.3. The number of carbonyl (C=O) groups is 2. The number of benzene rings is 2. The van der Waals surface area contributed by atoms with Crippen LogP contribution in [0.2, 0.25) is 5.02 Å². The second kappa shape index (κ2) is 11.2. The van der Waals surface area contributed by atoms with Gasteiger partial charge >= 0.3 is 0 Å². The van der Waals surface area contributed by atoms with Crippen molar-refractivity contribution >= 4 is 46.7 Å². The Hall–Kier alpha value is -3.30. The Bertz CT molecular complexity index is 1380. The molecule has 10 heteroatoms. The smallest absolute Gasteiger partial charge is 0.258 e. The number of anilines is 2. The molecule has 2 aliphatic rings. The molecule has 7 nitrogen and oxygen atoms in total. The molecule has 5 rings (SSSR count). The van der Waals surface area contributed by atoms with E-state index in [1.807, 2.05) is 18.4 Å². The summed E-state index contributed by atoms with van der Waals surface area (Å²) in [5.41, 5.74) is 2.75. The molecule has 0 bridgehead atoms. The molecule has 0 saturated heterocycles. The molecule has 38 heavy (non-hydrogen) atoms. The summed E-state index contributed by atoms with van der Waals surface area (Å²) in [5.74, 6) is -0.376. The zero-order valence-corrected chi connectivity index (χ0v) is 22.8. The maximum absolute atomic E-state index is 13.6. The molecule has 3 aromatic rings. The number of rotatable bonds is 6. The van der Waals surface area contributed by atoms with E-state index >= 15 is 0 Å². The quantitative estimate of drug-likeness (QED) is 0.308. The second-order valence-corrected chi connectivity index (χ2v) is 10.8. The van der Waals surface area contributed by atoms with E-state index in [1.54, 1.807) is 23.7 Å². The molecular weight excluding hydrogens is 525 g/mol. The molecule has 1 saturated carbocycles. The van der Waals surface area contributed by atoms with Crippen LogP contribution in [0.4, 0.5) is 15.9 Å². The second-order valence-electron chi connectivity index (χ2n) is 9.56. The van der Waals surface area contributed by atoms with Crippen molar-refractivity contribution in [3.63, 3.8) is 0 Å². The first-order valence-electron chi connectivity index (χ1n) is 12.6. The van der Waals surface area contributed by atoms with Crippen molar-refractivity contribution in [2.75, 3.05) is 16.9 Å². The van der Waals surface area contributed by atoms with Gasteiger partial charge in [-0.15, -0.1) is 11.8 Å². The number of thioether (sulfide) groups is 1. The van der Waals surface area contributed by atoms with Crippen LogP contribution in [0, 0.1) is 5.82 Å². The number of amides is 2. The van der Waals surface area contributed by atoms with Crippen LogP contribution < -0.4 is 16.0 Å². The Morgan fingerprint density at radius 1 is 1.05 bits per heavy atom. The summed E-state index contributed by atoms with van der Waals surface area (Å²) >= 11 is 7.56. The minimum Gasteiger partial charge on any atom is -0.349 e. The summed E-state index contributed by atoms with van der Waals surface area (Å²) < 4.78 is 15.1. The average Bonchev–Trinajstić information content (AvgIpc) is 3.28. The average molecular weight is 554 g/mol. The van der Waals surface area contributed by atoms with Crippen LogP contribution in [0.1, 0.15) is 61.0 Å². The van der Waals surface area contributed by atoms with E-state index in [2.05, 4.69) is 16.0 Å². The van der Waals surface area contributed by atoms with Crippen LogP contribution in [0.5, 0.6) is 0 Å². The van der Waals surface area contributed by atoms with Gasteiger partial charge in [0, 0.05) is 22.4 Å². The summed E-state index contributed by atoms with van der Waals surface area (Å²) in [6.45, 7) is 1.81. The first-order chi connectivity index (χ1) is 18.4. The number of hydrogen-bond acceptors (Lipinski definition) is 5. The van der Waals surface area contributed by atoms with Gasteiger partial charge in [-0.1, -0.05) is 43.0 Å². The van der Waals surface area contributed by atoms with Gasteiger partial charge in [0.15, 0.2) is 0 Å². The van der Waals surface area contributed by atoms with Crippen molar-refractivity contribution in [1.82, 2.24) is 15.1 Å². The zero-order valence-electron chi connectivity index (χ0n) is 21.2. The Balaban J connectivity index is 1.56. The maximum Gasteiger partial charge on any atom is 0.258 e. The molecule has 1 unspecified atom stereocenters. The number of hydrogen-bond donors (Lipinski definition) is 3. The lowest BCUT2D eigenvalue weighted by Crippen LogP contribution is -2.37. The normalized spacial score (nSPS) is 17.5. The summed E-state index contributed by atoms with van der Waals surface area (Å²) in [6, 6.07) is 12.4. The lowest BCUT2D eigenvalue weighted by Gasteiger charge is -2.30. The molecule has 1 aromatic heterocycles. The van der Waals surface area contributed by atoms with Crippen molar-refractivity contribution < 1.29 is 14.0 Å². The highest BCUT2D eigenvalue weighted by atomic mass is 35.5. The fourth-order valence-electron chi connectivity index (χ4n) is 5.12. The standard InChI is InChI=1S/C28H29ClFN5O2S/c1-16-22(26(36)33-21-14-12-19(30)13-15-21)24(17-8-10-18(29)11-9-17)35-25(31-16)23(28(34-35)38-2)27(37)32-20-6-4-3-5-7-20/h8-15,20,24,31H,3-7H2,1-2H3,(H,32,37)(H,33,36). The van der Waals surface area contributed by atoms with Gasteiger partial charge in [0.2, 0.25) is 0 Å². The summed E-state index contributed by atoms with van der Waals surface area (Å²) in [6.07, 6.45) is 7.23. The van der Waals surface area contributed by atoms with Gasteiger partial charge in [-0.3, -0.25) is 9.59 Å². The van der Waals surface area contributed by atoms with Crippen LogP contribution in [-0.2, 0) is 4.79 Å². The molecule has 2 heterocycles. The molecule has 3 N–H and O–H groups in total. The maximum atomic E-state index is 13.6. The fourth-order valence-corrected chi connectivity index (χ4v) is 5.81. The molecule has 1 aliphatic heterocycles. The van der Waals surface area contributed by atoms with Gasteiger partial charge in [0.05, 0.1) is 5.57 Å². The molecular formula is C28H29ClFN5O2S. The predicted octanol–water partition coefficient (Wildman–Crippen LogP) is 6.39. The number of aromatic nitrogens is 2. The van der Waals surface area contributed by atoms with Gasteiger partial charge in [-0.05, 0) is 68.0 Å². The van der Waals surface area contributed by atoms with E-state index in [9.17, 15) is 14.0 Å². The number of nitrogens with zero attached hydrogens (tertiary/aromatic N) is 2. The van der Waals surface area contributed by atoms with E-state index < -0.39 is 6.04 Å². The number of halogens is 2.